The Bertz CT molecular complexity index is 642. The Balaban J connectivity index is 2.02. The molecule has 0 aliphatic rings. The summed E-state index contributed by atoms with van der Waals surface area (Å²) in [4.78, 5) is 0. The number of aliphatic hydroxyl groups is 1. The summed E-state index contributed by atoms with van der Waals surface area (Å²) in [5, 5.41) is 8.68. The van der Waals surface area contributed by atoms with E-state index in [0.717, 1.165) is 5.56 Å². The summed E-state index contributed by atoms with van der Waals surface area (Å²) in [6.07, 6.45) is 0. The van der Waals surface area contributed by atoms with Crippen LogP contribution in [0.5, 0.6) is 5.75 Å². The third-order valence-corrected chi connectivity index (χ3v) is 2.88. The minimum Gasteiger partial charge on any atom is -0.489 e. The number of benzene rings is 2. The van der Waals surface area contributed by atoms with E-state index in [1.54, 1.807) is 36.4 Å². The highest BCUT2D eigenvalue weighted by Gasteiger charge is 2.06. The number of hydrogen-bond donors (Lipinski definition) is 1. The van der Waals surface area contributed by atoms with E-state index >= 15 is 0 Å². The molecule has 0 saturated heterocycles. The zero-order valence-electron chi connectivity index (χ0n) is 10.6. The van der Waals surface area contributed by atoms with Gasteiger partial charge in [-0.3, -0.25) is 0 Å². The van der Waals surface area contributed by atoms with Gasteiger partial charge in [-0.2, -0.15) is 0 Å². The monoisotopic (exact) mass is 290 g/mol. The molecule has 0 spiro atoms. The Morgan fingerprint density at radius 3 is 2.60 bits per heavy atom. The van der Waals surface area contributed by atoms with Crippen LogP contribution < -0.4 is 4.74 Å². The second-order valence-electron chi connectivity index (χ2n) is 3.99. The summed E-state index contributed by atoms with van der Waals surface area (Å²) >= 11 is 5.70. The van der Waals surface area contributed by atoms with Crippen molar-refractivity contribution in [1.82, 2.24) is 0 Å². The molecule has 0 radical (unpaired) electrons. The average Bonchev–Trinajstić information content (AvgIpc) is 2.48. The highest BCUT2D eigenvalue weighted by molar-refractivity contribution is 6.30. The summed E-state index contributed by atoms with van der Waals surface area (Å²) < 4.78 is 19.1. The van der Waals surface area contributed by atoms with Crippen LogP contribution in [-0.4, -0.2) is 11.7 Å². The summed E-state index contributed by atoms with van der Waals surface area (Å²) in [7, 11) is 0. The van der Waals surface area contributed by atoms with Crippen molar-refractivity contribution in [3.63, 3.8) is 0 Å². The molecule has 0 aliphatic heterocycles. The molecular formula is C16H12ClFO2. The lowest BCUT2D eigenvalue weighted by molar-refractivity contribution is 0.300. The summed E-state index contributed by atoms with van der Waals surface area (Å²) in [6.45, 7) is -0.0691. The molecule has 2 aromatic rings. The molecule has 0 fully saturated rings. The Hall–Kier alpha value is -2.02. The smallest absolute Gasteiger partial charge is 0.148 e. The van der Waals surface area contributed by atoms with E-state index in [9.17, 15) is 4.39 Å². The average molecular weight is 291 g/mol. The van der Waals surface area contributed by atoms with Crippen LogP contribution in [0.1, 0.15) is 11.1 Å². The fourth-order valence-corrected chi connectivity index (χ4v) is 1.79. The van der Waals surface area contributed by atoms with Crippen LogP contribution in [0.4, 0.5) is 4.39 Å². The van der Waals surface area contributed by atoms with E-state index in [4.69, 9.17) is 21.4 Å². The van der Waals surface area contributed by atoms with Crippen LogP contribution in [0.2, 0.25) is 5.02 Å². The molecule has 0 heterocycles. The van der Waals surface area contributed by atoms with Crippen LogP contribution in [0.15, 0.2) is 42.5 Å². The van der Waals surface area contributed by atoms with Gasteiger partial charge in [0.25, 0.3) is 0 Å². The quantitative estimate of drug-likeness (QED) is 0.878. The molecule has 2 rings (SSSR count). The molecular weight excluding hydrogens is 279 g/mol. The Morgan fingerprint density at radius 2 is 1.90 bits per heavy atom. The van der Waals surface area contributed by atoms with Gasteiger partial charge in [0, 0.05) is 11.1 Å². The van der Waals surface area contributed by atoms with Crippen LogP contribution in [0.25, 0.3) is 0 Å². The first-order chi connectivity index (χ1) is 9.70. The van der Waals surface area contributed by atoms with Gasteiger partial charge in [0.15, 0.2) is 0 Å². The highest BCUT2D eigenvalue weighted by Crippen LogP contribution is 2.20. The van der Waals surface area contributed by atoms with E-state index in [-0.39, 0.29) is 18.2 Å². The van der Waals surface area contributed by atoms with Gasteiger partial charge in [-0.05, 0) is 30.3 Å². The summed E-state index contributed by atoms with van der Waals surface area (Å²) in [5.41, 5.74) is 1.18. The first-order valence-corrected chi connectivity index (χ1v) is 6.34. The van der Waals surface area contributed by atoms with Gasteiger partial charge in [0.2, 0.25) is 0 Å². The van der Waals surface area contributed by atoms with E-state index in [0.29, 0.717) is 11.3 Å². The van der Waals surface area contributed by atoms with Gasteiger partial charge in [-0.15, -0.1) is 0 Å². The van der Waals surface area contributed by atoms with Gasteiger partial charge < -0.3 is 9.84 Å². The standard InChI is InChI=1S/C16H12ClFO2/c17-15-5-1-4-13(16(15)18)11-20-14-8-6-12(7-9-14)3-2-10-19/h1,4-9,19H,10-11H2. The number of ether oxygens (including phenoxy) is 1. The molecule has 0 aliphatic carbocycles. The van der Waals surface area contributed by atoms with Gasteiger partial charge in [-0.25, -0.2) is 4.39 Å². The van der Waals surface area contributed by atoms with Crippen LogP contribution in [0, 0.1) is 17.7 Å². The number of rotatable bonds is 3. The fraction of sp³-hybridized carbons (Fsp3) is 0.125. The van der Waals surface area contributed by atoms with Crippen molar-refractivity contribution >= 4 is 11.6 Å². The predicted molar refractivity (Wildman–Crippen MR) is 76.1 cm³/mol. The van der Waals surface area contributed by atoms with Crippen molar-refractivity contribution < 1.29 is 14.2 Å². The molecule has 2 aromatic carbocycles. The summed E-state index contributed by atoms with van der Waals surface area (Å²) in [5.74, 6) is 5.49. The number of hydrogen-bond acceptors (Lipinski definition) is 2. The largest absolute Gasteiger partial charge is 0.489 e. The normalized spacial score (nSPS) is 9.75. The number of halogens is 2. The molecule has 2 nitrogen and oxygen atoms in total. The lowest BCUT2D eigenvalue weighted by Crippen LogP contribution is -1.98. The van der Waals surface area contributed by atoms with Gasteiger partial charge >= 0.3 is 0 Å². The molecule has 0 aromatic heterocycles. The molecule has 0 bridgehead atoms. The van der Waals surface area contributed by atoms with E-state index in [1.807, 2.05) is 0 Å². The second kappa shape index (κ2) is 6.95. The van der Waals surface area contributed by atoms with Crippen molar-refractivity contribution in [2.24, 2.45) is 0 Å². The lowest BCUT2D eigenvalue weighted by Gasteiger charge is -2.07. The molecule has 0 amide bonds. The minimum atomic E-state index is -0.459. The minimum absolute atomic E-state index is 0.0840. The molecule has 20 heavy (non-hydrogen) atoms. The Morgan fingerprint density at radius 1 is 1.15 bits per heavy atom. The Kier molecular flexibility index (Phi) is 5.00. The number of aliphatic hydroxyl groups excluding tert-OH is 1. The topological polar surface area (TPSA) is 29.5 Å². The summed E-state index contributed by atoms with van der Waals surface area (Å²) in [6, 6.07) is 11.8. The third-order valence-electron chi connectivity index (χ3n) is 2.59. The maximum Gasteiger partial charge on any atom is 0.148 e. The van der Waals surface area contributed by atoms with Crippen LogP contribution in [0.3, 0.4) is 0 Å². The molecule has 4 heteroatoms. The maximum absolute atomic E-state index is 13.7. The molecule has 0 unspecified atom stereocenters. The van der Waals surface area contributed by atoms with Crippen LogP contribution in [-0.2, 0) is 6.61 Å². The zero-order valence-corrected chi connectivity index (χ0v) is 11.3. The molecule has 1 N–H and O–H groups in total. The van der Waals surface area contributed by atoms with Gasteiger partial charge in [-0.1, -0.05) is 35.6 Å². The Labute approximate surface area is 121 Å². The molecule has 0 saturated carbocycles. The second-order valence-corrected chi connectivity index (χ2v) is 4.39. The van der Waals surface area contributed by atoms with Crippen molar-refractivity contribution in [2.75, 3.05) is 6.61 Å². The first kappa shape index (κ1) is 14.4. The van der Waals surface area contributed by atoms with E-state index in [1.165, 1.54) is 6.07 Å². The van der Waals surface area contributed by atoms with Crippen molar-refractivity contribution in [3.05, 3.63) is 64.4 Å². The van der Waals surface area contributed by atoms with Gasteiger partial charge in [0.1, 0.15) is 24.8 Å². The fourth-order valence-electron chi connectivity index (χ4n) is 1.60. The SMILES string of the molecule is OCC#Cc1ccc(OCc2cccc(Cl)c2F)cc1. The third kappa shape index (κ3) is 3.74. The maximum atomic E-state index is 13.7. The highest BCUT2D eigenvalue weighted by atomic mass is 35.5. The molecule has 0 atom stereocenters. The van der Waals surface area contributed by atoms with Crippen LogP contribution >= 0.6 is 11.6 Å². The molecule has 102 valence electrons. The van der Waals surface area contributed by atoms with E-state index < -0.39 is 5.82 Å². The zero-order chi connectivity index (χ0) is 14.4. The van der Waals surface area contributed by atoms with Gasteiger partial charge in [0.05, 0.1) is 5.02 Å². The van der Waals surface area contributed by atoms with Crippen molar-refractivity contribution in [3.8, 4) is 17.6 Å². The van der Waals surface area contributed by atoms with Crippen molar-refractivity contribution in [1.29, 1.82) is 0 Å². The van der Waals surface area contributed by atoms with E-state index in [2.05, 4.69) is 11.8 Å². The van der Waals surface area contributed by atoms with Crippen molar-refractivity contribution in [2.45, 2.75) is 6.61 Å². The lowest BCUT2D eigenvalue weighted by atomic mass is 10.2. The first-order valence-electron chi connectivity index (χ1n) is 5.96. The predicted octanol–water partition coefficient (Wildman–Crippen LogP) is 3.40.